The molecule has 5 nitrogen and oxygen atoms in total. The molecule has 0 bridgehead atoms. The molecule has 0 saturated carbocycles. The van der Waals surface area contributed by atoms with E-state index < -0.39 is 4.92 Å². The number of phenols is 1. The molecule has 0 aliphatic heterocycles. The van der Waals surface area contributed by atoms with Crippen LogP contribution in [0.1, 0.15) is 24.9 Å². The molecule has 110 valence electrons. The van der Waals surface area contributed by atoms with E-state index in [-0.39, 0.29) is 17.5 Å². The Labute approximate surface area is 130 Å². The Bertz CT molecular complexity index is 661. The van der Waals surface area contributed by atoms with Gasteiger partial charge in [0.15, 0.2) is 0 Å². The minimum atomic E-state index is -0.436. The largest absolute Gasteiger partial charge is 0.508 e. The van der Waals surface area contributed by atoms with Crippen molar-refractivity contribution in [1.29, 1.82) is 0 Å². The summed E-state index contributed by atoms with van der Waals surface area (Å²) in [6, 6.07) is 11.6. The molecule has 0 aliphatic carbocycles. The second kappa shape index (κ2) is 6.58. The molecule has 0 radical (unpaired) electrons. The summed E-state index contributed by atoms with van der Waals surface area (Å²) in [5.41, 5.74) is 1.57. The summed E-state index contributed by atoms with van der Waals surface area (Å²) >= 11 is 3.33. The average molecular weight is 351 g/mol. The molecule has 6 heteroatoms. The Hall–Kier alpha value is -2.08. The van der Waals surface area contributed by atoms with E-state index in [1.807, 2.05) is 19.1 Å². The van der Waals surface area contributed by atoms with Gasteiger partial charge in [-0.2, -0.15) is 0 Å². The van der Waals surface area contributed by atoms with Crippen LogP contribution in [0.3, 0.4) is 0 Å². The Kier molecular flexibility index (Phi) is 4.80. The molecule has 1 atom stereocenters. The minimum Gasteiger partial charge on any atom is -0.508 e. The van der Waals surface area contributed by atoms with Crippen molar-refractivity contribution in [3.63, 3.8) is 0 Å². The highest BCUT2D eigenvalue weighted by Crippen LogP contribution is 2.33. The lowest BCUT2D eigenvalue weighted by atomic mass is 10.0. The van der Waals surface area contributed by atoms with Crippen molar-refractivity contribution in [2.24, 2.45) is 0 Å². The van der Waals surface area contributed by atoms with Crippen LogP contribution in [0.15, 0.2) is 46.9 Å². The van der Waals surface area contributed by atoms with E-state index in [1.165, 1.54) is 12.1 Å². The number of para-hydroxylation sites is 1. The van der Waals surface area contributed by atoms with Gasteiger partial charge in [-0.15, -0.1) is 0 Å². The Balaban J connectivity index is 2.27. The van der Waals surface area contributed by atoms with Gasteiger partial charge in [0.05, 0.1) is 11.0 Å². The standard InChI is InChI=1S/C15H15BrN2O3/c1-2-13(11-5-3-4-6-15(11)19)17-14-8-7-10(18(20)21)9-12(14)16/h3-9,13,17,19H,2H2,1H3. The molecule has 2 rings (SSSR count). The van der Waals surface area contributed by atoms with Crippen LogP contribution in [-0.2, 0) is 0 Å². The topological polar surface area (TPSA) is 75.4 Å². The van der Waals surface area contributed by atoms with Crippen LogP contribution in [0, 0.1) is 10.1 Å². The fourth-order valence-corrected chi connectivity index (χ4v) is 2.59. The number of rotatable bonds is 5. The maximum atomic E-state index is 10.7. The third-order valence-electron chi connectivity index (χ3n) is 3.21. The first-order valence-electron chi connectivity index (χ1n) is 6.51. The number of nitrogens with one attached hydrogen (secondary N) is 1. The first kappa shape index (κ1) is 15.3. The number of non-ortho nitro benzene ring substituents is 1. The zero-order chi connectivity index (χ0) is 15.4. The highest BCUT2D eigenvalue weighted by atomic mass is 79.9. The smallest absolute Gasteiger partial charge is 0.270 e. The van der Waals surface area contributed by atoms with Gasteiger partial charge in [-0.1, -0.05) is 25.1 Å². The average Bonchev–Trinajstić information content (AvgIpc) is 2.47. The number of hydrogen-bond donors (Lipinski definition) is 2. The molecule has 0 aromatic heterocycles. The third kappa shape index (κ3) is 3.52. The Morgan fingerprint density at radius 2 is 2.05 bits per heavy atom. The molecule has 0 spiro atoms. The zero-order valence-corrected chi connectivity index (χ0v) is 13.0. The van der Waals surface area contributed by atoms with E-state index >= 15 is 0 Å². The summed E-state index contributed by atoms with van der Waals surface area (Å²) in [6.07, 6.45) is 0.765. The van der Waals surface area contributed by atoms with Crippen molar-refractivity contribution >= 4 is 27.3 Å². The predicted molar refractivity (Wildman–Crippen MR) is 85.6 cm³/mol. The monoisotopic (exact) mass is 350 g/mol. The summed E-state index contributed by atoms with van der Waals surface area (Å²) < 4.78 is 0.616. The van der Waals surface area contributed by atoms with Crippen molar-refractivity contribution in [1.82, 2.24) is 0 Å². The van der Waals surface area contributed by atoms with E-state index in [0.717, 1.165) is 17.7 Å². The van der Waals surface area contributed by atoms with Crippen LogP contribution in [0.5, 0.6) is 5.75 Å². The lowest BCUT2D eigenvalue weighted by molar-refractivity contribution is -0.384. The van der Waals surface area contributed by atoms with Crippen LogP contribution in [-0.4, -0.2) is 10.0 Å². The number of aromatic hydroxyl groups is 1. The summed E-state index contributed by atoms with van der Waals surface area (Å²) in [6.45, 7) is 2.00. The van der Waals surface area contributed by atoms with Gasteiger partial charge >= 0.3 is 0 Å². The molecular formula is C15H15BrN2O3. The van der Waals surface area contributed by atoms with Crippen LogP contribution >= 0.6 is 15.9 Å². The van der Waals surface area contributed by atoms with Gasteiger partial charge in [-0.3, -0.25) is 10.1 Å². The predicted octanol–water partition coefficient (Wildman–Crippen LogP) is 4.63. The van der Waals surface area contributed by atoms with Crippen molar-refractivity contribution in [3.05, 3.63) is 62.6 Å². The van der Waals surface area contributed by atoms with Crippen molar-refractivity contribution in [2.45, 2.75) is 19.4 Å². The molecule has 2 N–H and O–H groups in total. The number of nitro groups is 1. The molecule has 2 aromatic carbocycles. The van der Waals surface area contributed by atoms with Gasteiger partial charge in [-0.25, -0.2) is 0 Å². The van der Waals surface area contributed by atoms with E-state index in [4.69, 9.17) is 0 Å². The van der Waals surface area contributed by atoms with Gasteiger partial charge in [0.2, 0.25) is 0 Å². The number of anilines is 1. The molecule has 0 heterocycles. The highest BCUT2D eigenvalue weighted by molar-refractivity contribution is 9.10. The lowest BCUT2D eigenvalue weighted by Crippen LogP contribution is -2.10. The van der Waals surface area contributed by atoms with E-state index in [2.05, 4.69) is 21.2 Å². The second-order valence-corrected chi connectivity index (χ2v) is 5.44. The minimum absolute atomic E-state index is 0.0306. The van der Waals surface area contributed by atoms with E-state index in [1.54, 1.807) is 18.2 Å². The molecule has 1 unspecified atom stereocenters. The number of nitro benzene ring substituents is 1. The van der Waals surface area contributed by atoms with Crippen LogP contribution in [0.4, 0.5) is 11.4 Å². The van der Waals surface area contributed by atoms with Crippen molar-refractivity contribution in [3.8, 4) is 5.75 Å². The molecule has 0 aliphatic rings. The van der Waals surface area contributed by atoms with E-state index in [0.29, 0.717) is 4.47 Å². The van der Waals surface area contributed by atoms with Crippen molar-refractivity contribution in [2.75, 3.05) is 5.32 Å². The first-order valence-corrected chi connectivity index (χ1v) is 7.30. The zero-order valence-electron chi connectivity index (χ0n) is 11.4. The number of halogens is 1. The fraction of sp³-hybridized carbons (Fsp3) is 0.200. The fourth-order valence-electron chi connectivity index (χ4n) is 2.10. The molecule has 0 amide bonds. The third-order valence-corrected chi connectivity index (χ3v) is 3.87. The van der Waals surface area contributed by atoms with Crippen LogP contribution in [0.2, 0.25) is 0 Å². The molecule has 2 aromatic rings. The van der Waals surface area contributed by atoms with Gasteiger partial charge in [0.25, 0.3) is 5.69 Å². The molecule has 0 fully saturated rings. The quantitative estimate of drug-likeness (QED) is 0.609. The lowest BCUT2D eigenvalue weighted by Gasteiger charge is -2.20. The Morgan fingerprint density at radius 3 is 2.62 bits per heavy atom. The first-order chi connectivity index (χ1) is 10.0. The van der Waals surface area contributed by atoms with Gasteiger partial charge in [-0.05, 0) is 34.5 Å². The summed E-state index contributed by atoms with van der Waals surface area (Å²) in [5.74, 6) is 0.231. The molecule has 0 saturated heterocycles. The molecular weight excluding hydrogens is 336 g/mol. The SMILES string of the molecule is CCC(Nc1ccc([N+](=O)[O-])cc1Br)c1ccccc1O. The summed E-state index contributed by atoms with van der Waals surface area (Å²) in [7, 11) is 0. The van der Waals surface area contributed by atoms with Gasteiger partial charge in [0.1, 0.15) is 5.75 Å². The molecule has 21 heavy (non-hydrogen) atoms. The van der Waals surface area contributed by atoms with Crippen molar-refractivity contribution < 1.29 is 10.0 Å². The number of phenolic OH excluding ortho intramolecular Hbond substituents is 1. The normalized spacial score (nSPS) is 11.9. The van der Waals surface area contributed by atoms with E-state index in [9.17, 15) is 15.2 Å². The number of benzene rings is 2. The summed E-state index contributed by atoms with van der Waals surface area (Å²) in [4.78, 5) is 10.3. The highest BCUT2D eigenvalue weighted by Gasteiger charge is 2.15. The second-order valence-electron chi connectivity index (χ2n) is 4.59. The number of nitrogens with zero attached hydrogens (tertiary/aromatic N) is 1. The van der Waals surface area contributed by atoms with Gasteiger partial charge in [0, 0.05) is 27.9 Å². The van der Waals surface area contributed by atoms with Crippen LogP contribution < -0.4 is 5.32 Å². The van der Waals surface area contributed by atoms with Gasteiger partial charge < -0.3 is 10.4 Å². The summed E-state index contributed by atoms with van der Waals surface area (Å²) in [5, 5.41) is 24.0. The maximum Gasteiger partial charge on any atom is 0.270 e. The number of hydrogen-bond acceptors (Lipinski definition) is 4. The Morgan fingerprint density at radius 1 is 1.33 bits per heavy atom. The maximum absolute atomic E-state index is 10.7. The van der Waals surface area contributed by atoms with Crippen LogP contribution in [0.25, 0.3) is 0 Å².